The first kappa shape index (κ1) is 21.4. The predicted molar refractivity (Wildman–Crippen MR) is 127 cm³/mol. The maximum absolute atomic E-state index is 6.08. The SMILES string of the molecule is Cc1oc(-c2ccc(-c3ccccc3)cc2)nc1CN1CCCC(CN2CCOCC2)C1. The van der Waals surface area contributed by atoms with Gasteiger partial charge in [0.2, 0.25) is 5.89 Å². The average Bonchev–Trinajstić information content (AvgIpc) is 3.21. The van der Waals surface area contributed by atoms with Crippen molar-refractivity contribution in [3.63, 3.8) is 0 Å². The Morgan fingerprint density at radius 3 is 2.38 bits per heavy atom. The third-order valence-corrected chi connectivity index (χ3v) is 6.73. The van der Waals surface area contributed by atoms with Gasteiger partial charge in [-0.3, -0.25) is 9.80 Å². The Labute approximate surface area is 191 Å². The summed E-state index contributed by atoms with van der Waals surface area (Å²) in [5.74, 6) is 2.39. The van der Waals surface area contributed by atoms with E-state index in [9.17, 15) is 0 Å². The van der Waals surface area contributed by atoms with Crippen molar-refractivity contribution in [2.45, 2.75) is 26.3 Å². The second kappa shape index (κ2) is 9.99. The van der Waals surface area contributed by atoms with Crippen LogP contribution >= 0.6 is 0 Å². The third kappa shape index (κ3) is 5.12. The number of morpholine rings is 1. The van der Waals surface area contributed by atoms with Crippen LogP contribution in [0.4, 0.5) is 0 Å². The number of aromatic nitrogens is 1. The quantitative estimate of drug-likeness (QED) is 0.557. The molecule has 0 radical (unpaired) electrons. The highest BCUT2D eigenvalue weighted by atomic mass is 16.5. The number of likely N-dealkylation sites (tertiary alicyclic amines) is 1. The Hall–Kier alpha value is -2.47. The molecule has 0 saturated carbocycles. The minimum atomic E-state index is 0.721. The molecular weight excluding hydrogens is 398 g/mol. The van der Waals surface area contributed by atoms with Crippen LogP contribution in [0.3, 0.4) is 0 Å². The Bertz CT molecular complexity index is 994. The second-order valence-corrected chi connectivity index (χ2v) is 9.12. The molecule has 3 heterocycles. The van der Waals surface area contributed by atoms with Gasteiger partial charge in [0.25, 0.3) is 0 Å². The highest BCUT2D eigenvalue weighted by Gasteiger charge is 2.24. The van der Waals surface area contributed by atoms with Gasteiger partial charge in [-0.25, -0.2) is 4.98 Å². The summed E-state index contributed by atoms with van der Waals surface area (Å²) in [5.41, 5.74) is 4.53. The molecule has 3 aromatic rings. The molecule has 0 spiro atoms. The molecular formula is C27H33N3O2. The summed E-state index contributed by atoms with van der Waals surface area (Å²) in [6.07, 6.45) is 2.59. The van der Waals surface area contributed by atoms with E-state index in [0.717, 1.165) is 74.8 Å². The van der Waals surface area contributed by atoms with Gasteiger partial charge in [-0.15, -0.1) is 0 Å². The molecule has 32 heavy (non-hydrogen) atoms. The Morgan fingerprint density at radius 2 is 1.59 bits per heavy atom. The third-order valence-electron chi connectivity index (χ3n) is 6.73. The van der Waals surface area contributed by atoms with Crippen LogP contribution in [0.25, 0.3) is 22.6 Å². The van der Waals surface area contributed by atoms with E-state index in [0.29, 0.717) is 0 Å². The summed E-state index contributed by atoms with van der Waals surface area (Å²) in [5, 5.41) is 0. The van der Waals surface area contributed by atoms with Gasteiger partial charge < -0.3 is 9.15 Å². The number of oxazole rings is 1. The Kier molecular flexibility index (Phi) is 6.67. The van der Waals surface area contributed by atoms with Crippen LogP contribution in [0.5, 0.6) is 0 Å². The zero-order chi connectivity index (χ0) is 21.8. The molecule has 1 unspecified atom stereocenters. The lowest BCUT2D eigenvalue weighted by atomic mass is 9.97. The van der Waals surface area contributed by atoms with E-state index in [1.165, 1.54) is 30.5 Å². The van der Waals surface area contributed by atoms with Crippen molar-refractivity contribution in [2.24, 2.45) is 5.92 Å². The van der Waals surface area contributed by atoms with E-state index in [-0.39, 0.29) is 0 Å². The maximum Gasteiger partial charge on any atom is 0.226 e. The number of nitrogens with zero attached hydrogens (tertiary/aromatic N) is 3. The van der Waals surface area contributed by atoms with Crippen molar-refractivity contribution >= 4 is 0 Å². The van der Waals surface area contributed by atoms with Crippen LogP contribution < -0.4 is 0 Å². The van der Waals surface area contributed by atoms with E-state index in [2.05, 4.69) is 58.3 Å². The topological polar surface area (TPSA) is 41.7 Å². The van der Waals surface area contributed by atoms with E-state index < -0.39 is 0 Å². The van der Waals surface area contributed by atoms with Crippen LogP contribution in [0, 0.1) is 12.8 Å². The number of piperidine rings is 1. The number of benzene rings is 2. The summed E-state index contributed by atoms with van der Waals surface area (Å²) in [7, 11) is 0. The minimum Gasteiger partial charge on any atom is -0.441 e. The summed E-state index contributed by atoms with van der Waals surface area (Å²) < 4.78 is 11.6. The lowest BCUT2D eigenvalue weighted by Gasteiger charge is -2.36. The maximum atomic E-state index is 6.08. The smallest absolute Gasteiger partial charge is 0.226 e. The molecule has 2 fully saturated rings. The highest BCUT2D eigenvalue weighted by Crippen LogP contribution is 2.27. The zero-order valence-electron chi connectivity index (χ0n) is 19.0. The molecule has 0 aliphatic carbocycles. The molecule has 0 amide bonds. The summed E-state index contributed by atoms with van der Waals surface area (Å²) >= 11 is 0. The van der Waals surface area contributed by atoms with Gasteiger partial charge in [0.05, 0.1) is 18.9 Å². The zero-order valence-corrected chi connectivity index (χ0v) is 19.0. The normalized spacial score (nSPS) is 20.5. The molecule has 2 aliphatic heterocycles. The number of hydrogen-bond donors (Lipinski definition) is 0. The van der Waals surface area contributed by atoms with Crippen LogP contribution in [0.15, 0.2) is 59.0 Å². The lowest BCUT2D eigenvalue weighted by molar-refractivity contribution is 0.0223. The first-order valence-corrected chi connectivity index (χ1v) is 11.9. The molecule has 2 saturated heterocycles. The molecule has 1 atom stereocenters. The largest absolute Gasteiger partial charge is 0.441 e. The number of aryl methyl sites for hydroxylation is 1. The van der Waals surface area contributed by atoms with Crippen molar-refractivity contribution in [2.75, 3.05) is 45.9 Å². The van der Waals surface area contributed by atoms with Gasteiger partial charge in [0.15, 0.2) is 0 Å². The van der Waals surface area contributed by atoms with Crippen LogP contribution in [-0.2, 0) is 11.3 Å². The first-order chi connectivity index (χ1) is 15.7. The van der Waals surface area contributed by atoms with Gasteiger partial charge in [0.1, 0.15) is 5.76 Å². The van der Waals surface area contributed by atoms with Crippen molar-refractivity contribution in [1.29, 1.82) is 0 Å². The van der Waals surface area contributed by atoms with Crippen LogP contribution in [0.1, 0.15) is 24.3 Å². The van der Waals surface area contributed by atoms with E-state index in [1.54, 1.807) is 0 Å². The molecule has 5 rings (SSSR count). The molecule has 5 nitrogen and oxygen atoms in total. The number of hydrogen-bond acceptors (Lipinski definition) is 5. The fourth-order valence-corrected chi connectivity index (χ4v) is 4.94. The Balaban J connectivity index is 1.22. The summed E-state index contributed by atoms with van der Waals surface area (Å²) in [6, 6.07) is 18.9. The molecule has 168 valence electrons. The monoisotopic (exact) mass is 431 g/mol. The highest BCUT2D eigenvalue weighted by molar-refractivity contribution is 5.67. The molecule has 1 aromatic heterocycles. The van der Waals surface area contributed by atoms with E-state index in [1.807, 2.05) is 13.0 Å². The average molecular weight is 432 g/mol. The van der Waals surface area contributed by atoms with Gasteiger partial charge >= 0.3 is 0 Å². The van der Waals surface area contributed by atoms with Gasteiger partial charge in [-0.2, -0.15) is 0 Å². The minimum absolute atomic E-state index is 0.721. The van der Waals surface area contributed by atoms with Crippen LogP contribution in [0.2, 0.25) is 0 Å². The molecule has 2 aliphatic rings. The predicted octanol–water partition coefficient (Wildman–Crippen LogP) is 4.86. The fraction of sp³-hybridized carbons (Fsp3) is 0.444. The fourth-order valence-electron chi connectivity index (χ4n) is 4.94. The first-order valence-electron chi connectivity index (χ1n) is 11.9. The van der Waals surface area contributed by atoms with Gasteiger partial charge in [-0.1, -0.05) is 42.5 Å². The molecule has 0 N–H and O–H groups in total. The summed E-state index contributed by atoms with van der Waals surface area (Å²) in [6.45, 7) is 10.3. The second-order valence-electron chi connectivity index (χ2n) is 9.12. The van der Waals surface area contributed by atoms with E-state index in [4.69, 9.17) is 14.1 Å². The number of ether oxygens (including phenoxy) is 1. The molecule has 2 aromatic carbocycles. The molecule has 5 heteroatoms. The number of rotatable bonds is 6. The van der Waals surface area contributed by atoms with Crippen molar-refractivity contribution in [3.05, 3.63) is 66.1 Å². The summed E-state index contributed by atoms with van der Waals surface area (Å²) in [4.78, 5) is 10.0. The van der Waals surface area contributed by atoms with Crippen molar-refractivity contribution < 1.29 is 9.15 Å². The van der Waals surface area contributed by atoms with Crippen molar-refractivity contribution in [1.82, 2.24) is 14.8 Å². The van der Waals surface area contributed by atoms with Crippen LogP contribution in [-0.4, -0.2) is 60.7 Å². The van der Waals surface area contributed by atoms with Crippen molar-refractivity contribution in [3.8, 4) is 22.6 Å². The lowest BCUT2D eigenvalue weighted by Crippen LogP contribution is -2.44. The Morgan fingerprint density at radius 1 is 0.875 bits per heavy atom. The van der Waals surface area contributed by atoms with Gasteiger partial charge in [0, 0.05) is 38.3 Å². The van der Waals surface area contributed by atoms with Gasteiger partial charge in [-0.05, 0) is 55.5 Å². The van der Waals surface area contributed by atoms with E-state index >= 15 is 0 Å². The molecule has 0 bridgehead atoms. The standard InChI is InChI=1S/C27H33N3O2/c1-21-26(20-30-13-5-6-22(19-30)18-29-14-16-31-17-15-29)28-27(32-21)25-11-9-24(10-12-25)23-7-3-2-4-8-23/h2-4,7-12,22H,5-6,13-20H2,1H3.